The fourth-order valence-electron chi connectivity index (χ4n) is 0.908. The average Bonchev–Trinajstić information content (AvgIpc) is 1.88. The van der Waals surface area contributed by atoms with Crippen LogP contribution in [0.4, 0.5) is 0 Å². The monoisotopic (exact) mass is 251 g/mol. The Hall–Kier alpha value is 0.00961. The van der Waals surface area contributed by atoms with Crippen molar-refractivity contribution in [2.45, 2.75) is 14.4 Å². The summed E-state index contributed by atoms with van der Waals surface area (Å²) >= 11 is -0.658. The van der Waals surface area contributed by atoms with Gasteiger partial charge in [-0.2, -0.15) is 0 Å². The third-order valence-electron chi connectivity index (χ3n) is 1.30. The van der Waals surface area contributed by atoms with Crippen LogP contribution >= 0.6 is 0 Å². The van der Waals surface area contributed by atoms with Crippen molar-refractivity contribution in [3.05, 3.63) is 35.9 Å². The Balaban J connectivity index is 2.59. The summed E-state index contributed by atoms with van der Waals surface area (Å²) in [7, 11) is 0. The number of rotatable bonds is 2. The first-order valence-electron chi connectivity index (χ1n) is 3.37. The Kier molecular flexibility index (Phi) is 3.25. The fourth-order valence-corrected chi connectivity index (χ4v) is 3.36. The van der Waals surface area contributed by atoms with Gasteiger partial charge in [0.2, 0.25) is 0 Å². The van der Waals surface area contributed by atoms with Crippen LogP contribution in [0.15, 0.2) is 30.3 Å². The van der Waals surface area contributed by atoms with E-state index in [4.69, 9.17) is 0 Å². The van der Waals surface area contributed by atoms with Crippen LogP contribution in [0.5, 0.6) is 0 Å². The normalized spacial score (nSPS) is 10.3. The topological polar surface area (TPSA) is 0 Å². The van der Waals surface area contributed by atoms with E-state index in [1.165, 1.54) is 10.0 Å². The van der Waals surface area contributed by atoms with Crippen molar-refractivity contribution in [3.8, 4) is 0 Å². The molecule has 0 aliphatic heterocycles. The summed E-state index contributed by atoms with van der Waals surface area (Å²) in [6.07, 6.45) is 0. The summed E-state index contributed by atoms with van der Waals surface area (Å²) < 4.78 is 1.37. The van der Waals surface area contributed by atoms with E-state index in [-0.39, 0.29) is 0 Å². The van der Waals surface area contributed by atoms with Crippen molar-refractivity contribution in [1.29, 1.82) is 0 Å². The molecule has 0 aromatic heterocycles. The summed E-state index contributed by atoms with van der Waals surface area (Å²) in [4.78, 5) is 4.83. The first kappa shape index (κ1) is 8.11. The second-order valence-corrected chi connectivity index (χ2v) is 9.07. The van der Waals surface area contributed by atoms with Gasteiger partial charge in [-0.05, 0) is 0 Å². The van der Waals surface area contributed by atoms with Gasteiger partial charge in [0, 0.05) is 0 Å². The maximum atomic E-state index is 2.41. The maximum absolute atomic E-state index is 2.41. The van der Waals surface area contributed by atoms with Crippen molar-refractivity contribution in [1.82, 2.24) is 0 Å². The third kappa shape index (κ3) is 2.73. The molecule has 0 N–H and O–H groups in total. The molecule has 0 saturated heterocycles. The molecule has 0 spiro atoms. The fraction of sp³-hybridized carbons (Fsp3) is 0.333. The first-order chi connectivity index (χ1) is 4.79. The zero-order chi connectivity index (χ0) is 7.40. The molecule has 1 aromatic carbocycles. The van der Waals surface area contributed by atoms with E-state index in [1.807, 2.05) is 0 Å². The minimum atomic E-state index is -0.658. The molecule has 10 heavy (non-hydrogen) atoms. The van der Waals surface area contributed by atoms with E-state index in [9.17, 15) is 0 Å². The van der Waals surface area contributed by atoms with Gasteiger partial charge in [-0.25, -0.2) is 0 Å². The predicted molar refractivity (Wildman–Crippen MR) is 47.6 cm³/mol. The number of hydrogen-bond donors (Lipinski definition) is 0. The molecule has 0 atom stereocenters. The molecule has 0 aliphatic rings. The molecular weight excluding hydrogens is 236 g/mol. The van der Waals surface area contributed by atoms with Gasteiger partial charge in [-0.1, -0.05) is 0 Å². The van der Waals surface area contributed by atoms with Gasteiger partial charge in [0.1, 0.15) is 0 Å². The Labute approximate surface area is 69.9 Å². The summed E-state index contributed by atoms with van der Waals surface area (Å²) in [6, 6.07) is 10.8. The van der Waals surface area contributed by atoms with Crippen LogP contribution < -0.4 is 0 Å². The molecule has 1 aromatic rings. The molecule has 0 heterocycles. The zero-order valence-corrected chi connectivity index (χ0v) is 8.83. The van der Waals surface area contributed by atoms with Crippen LogP contribution in [-0.2, 0) is 4.47 Å². The second kappa shape index (κ2) is 4.01. The molecule has 1 heteroatoms. The van der Waals surface area contributed by atoms with Crippen molar-refractivity contribution in [2.24, 2.45) is 0 Å². The standard InChI is InChI=1S/C9H13Te/c1-10(2)8-9-6-4-3-5-7-9/h3-7H,8H2,1-2H3/q+1. The van der Waals surface area contributed by atoms with Crippen LogP contribution in [0, 0.1) is 0 Å². The summed E-state index contributed by atoms with van der Waals surface area (Å²) in [5.74, 6) is 0. The van der Waals surface area contributed by atoms with Crippen molar-refractivity contribution in [2.75, 3.05) is 0 Å². The molecular formula is C9H13Te+. The van der Waals surface area contributed by atoms with Gasteiger partial charge in [-0.15, -0.1) is 0 Å². The Morgan fingerprint density at radius 1 is 1.10 bits per heavy atom. The Morgan fingerprint density at radius 3 is 2.20 bits per heavy atom. The predicted octanol–water partition coefficient (Wildman–Crippen LogP) is 2.52. The molecule has 54 valence electrons. The van der Waals surface area contributed by atoms with Crippen molar-refractivity contribution >= 4 is 19.6 Å². The van der Waals surface area contributed by atoms with E-state index in [1.54, 1.807) is 0 Å². The average molecular weight is 249 g/mol. The molecule has 0 amide bonds. The van der Waals surface area contributed by atoms with E-state index in [2.05, 4.69) is 40.3 Å². The van der Waals surface area contributed by atoms with Crippen molar-refractivity contribution in [3.63, 3.8) is 0 Å². The molecule has 0 radical (unpaired) electrons. The molecule has 0 fully saturated rings. The van der Waals surface area contributed by atoms with Crippen LogP contribution in [-0.4, -0.2) is 19.6 Å². The van der Waals surface area contributed by atoms with Gasteiger partial charge in [0.25, 0.3) is 0 Å². The van der Waals surface area contributed by atoms with Crippen LogP contribution in [0.3, 0.4) is 0 Å². The number of hydrogen-bond acceptors (Lipinski definition) is 0. The van der Waals surface area contributed by atoms with Crippen molar-refractivity contribution < 1.29 is 0 Å². The van der Waals surface area contributed by atoms with E-state index >= 15 is 0 Å². The van der Waals surface area contributed by atoms with Crippen LogP contribution in [0.1, 0.15) is 5.56 Å². The van der Waals surface area contributed by atoms with Gasteiger partial charge < -0.3 is 0 Å². The van der Waals surface area contributed by atoms with E-state index < -0.39 is 19.6 Å². The van der Waals surface area contributed by atoms with E-state index in [0.717, 1.165) is 0 Å². The molecule has 1 rings (SSSR count). The zero-order valence-electron chi connectivity index (χ0n) is 6.50. The van der Waals surface area contributed by atoms with Gasteiger partial charge in [-0.3, -0.25) is 0 Å². The van der Waals surface area contributed by atoms with Crippen LogP contribution in [0.2, 0.25) is 9.94 Å². The summed E-state index contributed by atoms with van der Waals surface area (Å²) in [5.41, 5.74) is 1.52. The van der Waals surface area contributed by atoms with Gasteiger partial charge in [0.05, 0.1) is 0 Å². The SMILES string of the molecule is C[Te+](C)Cc1ccccc1. The molecule has 0 nitrogen and oxygen atoms in total. The quantitative estimate of drug-likeness (QED) is 0.706. The van der Waals surface area contributed by atoms with Gasteiger partial charge >= 0.3 is 69.9 Å². The van der Waals surface area contributed by atoms with Crippen LogP contribution in [0.25, 0.3) is 0 Å². The molecule has 0 bridgehead atoms. The summed E-state index contributed by atoms with van der Waals surface area (Å²) in [5, 5.41) is 0. The number of benzene rings is 1. The molecule has 0 unspecified atom stereocenters. The molecule has 0 saturated carbocycles. The Morgan fingerprint density at radius 2 is 1.70 bits per heavy atom. The minimum absolute atomic E-state index is 0.658. The third-order valence-corrected chi connectivity index (χ3v) is 3.90. The Bertz CT molecular complexity index is 179. The van der Waals surface area contributed by atoms with Gasteiger partial charge in [0.15, 0.2) is 0 Å². The molecule has 0 aliphatic carbocycles. The summed E-state index contributed by atoms with van der Waals surface area (Å²) in [6.45, 7) is 0. The van der Waals surface area contributed by atoms with E-state index in [0.29, 0.717) is 0 Å². The second-order valence-electron chi connectivity index (χ2n) is 2.62. The first-order valence-corrected chi connectivity index (χ1v) is 9.68.